The van der Waals surface area contributed by atoms with E-state index in [-0.39, 0.29) is 18.9 Å². The Hall–Kier alpha value is -3.81. The summed E-state index contributed by atoms with van der Waals surface area (Å²) in [4.78, 5) is 22.6. The Morgan fingerprint density at radius 3 is 2.70 bits per heavy atom. The standard InChI is InChI=1S/C24H27N5O4/c1-4-14-24(23(31)29(2)3)21(19-8-5-6-9-20(19)27-28-25)33-22(26-24)17-10-12-18(13-11-17)32-16-7-15-30/h4-6,8-13,21,30H,1,7,14-16H2,2-3H3/t21-,24-/m0/s1. The van der Waals surface area contributed by atoms with Crippen molar-refractivity contribution in [3.05, 3.63) is 82.8 Å². The van der Waals surface area contributed by atoms with E-state index in [1.54, 1.807) is 68.7 Å². The van der Waals surface area contributed by atoms with Crippen molar-refractivity contribution in [2.24, 2.45) is 10.1 Å². The van der Waals surface area contributed by atoms with Crippen LogP contribution >= 0.6 is 0 Å². The molecule has 172 valence electrons. The predicted molar refractivity (Wildman–Crippen MR) is 125 cm³/mol. The molecule has 2 aromatic carbocycles. The molecule has 0 saturated heterocycles. The Bertz CT molecular complexity index is 1080. The number of benzene rings is 2. The smallest absolute Gasteiger partial charge is 0.254 e. The quantitative estimate of drug-likeness (QED) is 0.191. The zero-order chi connectivity index (χ0) is 23.8. The molecular weight excluding hydrogens is 422 g/mol. The van der Waals surface area contributed by atoms with Gasteiger partial charge in [0.1, 0.15) is 5.75 Å². The first-order valence-electron chi connectivity index (χ1n) is 10.5. The third kappa shape index (κ3) is 5.00. The van der Waals surface area contributed by atoms with E-state index < -0.39 is 11.6 Å². The minimum absolute atomic E-state index is 0.0622. The van der Waals surface area contributed by atoms with E-state index >= 15 is 0 Å². The number of nitrogens with zero attached hydrogens (tertiary/aromatic N) is 5. The largest absolute Gasteiger partial charge is 0.494 e. The van der Waals surface area contributed by atoms with Gasteiger partial charge in [-0.15, -0.1) is 6.58 Å². The van der Waals surface area contributed by atoms with Crippen LogP contribution in [-0.4, -0.2) is 54.7 Å². The van der Waals surface area contributed by atoms with Crippen molar-refractivity contribution in [1.82, 2.24) is 4.90 Å². The molecule has 0 aromatic heterocycles. The first-order chi connectivity index (χ1) is 16.0. The lowest BCUT2D eigenvalue weighted by molar-refractivity contribution is -0.137. The molecule has 2 atom stereocenters. The maximum atomic E-state index is 13.4. The van der Waals surface area contributed by atoms with Crippen molar-refractivity contribution >= 4 is 17.5 Å². The van der Waals surface area contributed by atoms with E-state index in [0.717, 1.165) is 0 Å². The number of amides is 1. The number of aliphatic hydroxyl groups is 1. The fourth-order valence-corrected chi connectivity index (χ4v) is 3.73. The Morgan fingerprint density at radius 1 is 1.33 bits per heavy atom. The van der Waals surface area contributed by atoms with Gasteiger partial charge in [-0.2, -0.15) is 0 Å². The maximum absolute atomic E-state index is 13.4. The van der Waals surface area contributed by atoms with Crippen molar-refractivity contribution in [1.29, 1.82) is 0 Å². The number of hydrogen-bond acceptors (Lipinski definition) is 6. The summed E-state index contributed by atoms with van der Waals surface area (Å²) in [6.07, 6.45) is 1.59. The Labute approximate surface area is 192 Å². The average Bonchev–Trinajstić information content (AvgIpc) is 3.20. The zero-order valence-electron chi connectivity index (χ0n) is 18.7. The highest BCUT2D eigenvalue weighted by atomic mass is 16.5. The van der Waals surface area contributed by atoms with Gasteiger partial charge in [-0.3, -0.25) is 4.79 Å². The second-order valence-corrected chi connectivity index (χ2v) is 7.73. The van der Waals surface area contributed by atoms with E-state index in [0.29, 0.717) is 41.5 Å². The lowest BCUT2D eigenvalue weighted by Crippen LogP contribution is -2.47. The van der Waals surface area contributed by atoms with Gasteiger partial charge in [0.05, 0.1) is 6.61 Å². The van der Waals surface area contributed by atoms with Gasteiger partial charge >= 0.3 is 0 Å². The maximum Gasteiger partial charge on any atom is 0.254 e. The van der Waals surface area contributed by atoms with E-state index in [9.17, 15) is 4.79 Å². The Balaban J connectivity index is 2.06. The molecule has 1 amide bonds. The van der Waals surface area contributed by atoms with Gasteiger partial charge < -0.3 is 19.5 Å². The molecule has 2 aromatic rings. The third-order valence-corrected chi connectivity index (χ3v) is 5.24. The summed E-state index contributed by atoms with van der Waals surface area (Å²) in [5.74, 6) is 0.703. The van der Waals surface area contributed by atoms with Crippen molar-refractivity contribution in [2.75, 3.05) is 27.3 Å². The van der Waals surface area contributed by atoms with Crippen LogP contribution in [-0.2, 0) is 9.53 Å². The highest BCUT2D eigenvalue weighted by Gasteiger charge is 2.53. The minimum Gasteiger partial charge on any atom is -0.494 e. The van der Waals surface area contributed by atoms with Crippen molar-refractivity contribution in [3.8, 4) is 5.75 Å². The molecule has 0 saturated carbocycles. The molecule has 0 bridgehead atoms. The highest BCUT2D eigenvalue weighted by molar-refractivity contribution is 6.01. The highest BCUT2D eigenvalue weighted by Crippen LogP contribution is 2.46. The molecule has 3 rings (SSSR count). The lowest BCUT2D eigenvalue weighted by Gasteiger charge is -2.32. The van der Waals surface area contributed by atoms with E-state index in [4.69, 9.17) is 25.1 Å². The van der Waals surface area contributed by atoms with Gasteiger partial charge in [-0.25, -0.2) is 4.99 Å². The van der Waals surface area contributed by atoms with Gasteiger partial charge in [-0.05, 0) is 29.8 Å². The zero-order valence-corrected chi connectivity index (χ0v) is 18.7. The normalized spacial score (nSPS) is 19.1. The fourth-order valence-electron chi connectivity index (χ4n) is 3.73. The van der Waals surface area contributed by atoms with Gasteiger partial charge in [-0.1, -0.05) is 35.5 Å². The van der Waals surface area contributed by atoms with Crippen LogP contribution < -0.4 is 4.74 Å². The van der Waals surface area contributed by atoms with Gasteiger partial charge in [0, 0.05) is 55.3 Å². The van der Waals surface area contributed by atoms with E-state index in [1.165, 1.54) is 4.90 Å². The molecule has 0 unspecified atom stereocenters. The molecule has 1 aliphatic heterocycles. The predicted octanol–water partition coefficient (Wildman–Crippen LogP) is 4.31. The molecule has 9 nitrogen and oxygen atoms in total. The van der Waals surface area contributed by atoms with Crippen LogP contribution in [0.1, 0.15) is 30.1 Å². The molecule has 0 radical (unpaired) electrons. The minimum atomic E-state index is -1.31. The van der Waals surface area contributed by atoms with Crippen LogP contribution in [0.4, 0.5) is 5.69 Å². The molecular formula is C24H27N5O4. The van der Waals surface area contributed by atoms with Crippen LogP contribution in [0.15, 0.2) is 71.3 Å². The first kappa shape index (κ1) is 23.8. The number of ether oxygens (including phenoxy) is 2. The van der Waals surface area contributed by atoms with Gasteiger partial charge in [0.25, 0.3) is 5.91 Å². The van der Waals surface area contributed by atoms with E-state index in [2.05, 4.69) is 16.6 Å². The first-order valence-corrected chi connectivity index (χ1v) is 10.5. The fraction of sp³-hybridized carbons (Fsp3) is 0.333. The van der Waals surface area contributed by atoms with Crippen LogP contribution in [0.3, 0.4) is 0 Å². The molecule has 0 spiro atoms. The van der Waals surface area contributed by atoms with Crippen LogP contribution in [0.25, 0.3) is 10.4 Å². The summed E-state index contributed by atoms with van der Waals surface area (Å²) in [5.41, 5.74) is 9.32. The van der Waals surface area contributed by atoms with Crippen molar-refractivity contribution in [2.45, 2.75) is 24.5 Å². The van der Waals surface area contributed by atoms with Crippen molar-refractivity contribution < 1.29 is 19.4 Å². The summed E-state index contributed by atoms with van der Waals surface area (Å²) in [5, 5.41) is 12.7. The number of aliphatic hydroxyl groups excluding tert-OH is 1. The summed E-state index contributed by atoms with van der Waals surface area (Å²) in [6, 6.07) is 14.2. The van der Waals surface area contributed by atoms with Crippen LogP contribution in [0.5, 0.6) is 5.75 Å². The molecule has 0 aliphatic carbocycles. The van der Waals surface area contributed by atoms with Crippen LogP contribution in [0, 0.1) is 0 Å². The second kappa shape index (κ2) is 10.7. The van der Waals surface area contributed by atoms with Crippen LogP contribution in [0.2, 0.25) is 0 Å². The Morgan fingerprint density at radius 2 is 2.06 bits per heavy atom. The summed E-state index contributed by atoms with van der Waals surface area (Å²) < 4.78 is 11.9. The molecule has 1 aliphatic rings. The van der Waals surface area contributed by atoms with Gasteiger partial charge in [0.15, 0.2) is 11.6 Å². The molecule has 0 fully saturated rings. The summed E-state index contributed by atoms with van der Waals surface area (Å²) >= 11 is 0. The third-order valence-electron chi connectivity index (χ3n) is 5.24. The summed E-state index contributed by atoms with van der Waals surface area (Å²) in [6.45, 7) is 4.30. The molecule has 1 heterocycles. The number of carbonyl (C=O) groups excluding carboxylic acids is 1. The molecule has 1 N–H and O–H groups in total. The van der Waals surface area contributed by atoms with Crippen molar-refractivity contribution in [3.63, 3.8) is 0 Å². The topological polar surface area (TPSA) is 120 Å². The second-order valence-electron chi connectivity index (χ2n) is 7.73. The number of rotatable bonds is 10. The molecule has 9 heteroatoms. The number of hydrogen-bond donors (Lipinski definition) is 1. The molecule has 33 heavy (non-hydrogen) atoms. The number of likely N-dealkylation sites (N-methyl/N-ethyl adjacent to an activating group) is 1. The number of azide groups is 1. The lowest BCUT2D eigenvalue weighted by atomic mass is 9.83. The van der Waals surface area contributed by atoms with E-state index in [1.807, 2.05) is 0 Å². The SMILES string of the molecule is C=CC[C@]1(C(=O)N(C)C)N=C(c2ccc(OCCCO)cc2)O[C@H]1c1ccccc1N=[N+]=[N-]. The Kier molecular flexibility index (Phi) is 7.71. The number of carbonyl (C=O) groups is 1. The monoisotopic (exact) mass is 449 g/mol. The summed E-state index contributed by atoms with van der Waals surface area (Å²) in [7, 11) is 3.32. The van der Waals surface area contributed by atoms with Gasteiger partial charge in [0.2, 0.25) is 5.90 Å². The number of aliphatic imine (C=N–C) groups is 1. The average molecular weight is 450 g/mol.